The maximum Gasteiger partial charge on any atom is 0.133 e. The van der Waals surface area contributed by atoms with Crippen LogP contribution in [0.2, 0.25) is 0 Å². The molecule has 0 aromatic rings. The van der Waals surface area contributed by atoms with E-state index in [2.05, 4.69) is 33.8 Å². The quantitative estimate of drug-likeness (QED) is 0.597. The molecule has 2 rings (SSSR count). The minimum atomic E-state index is 0.169. The molecule has 2 aliphatic rings. The van der Waals surface area contributed by atoms with Crippen LogP contribution >= 0.6 is 0 Å². The van der Waals surface area contributed by atoms with E-state index in [0.29, 0.717) is 17.1 Å². The summed E-state index contributed by atoms with van der Waals surface area (Å²) in [5, 5.41) is 0. The van der Waals surface area contributed by atoms with Gasteiger partial charge >= 0.3 is 0 Å². The van der Waals surface area contributed by atoms with Gasteiger partial charge in [-0.05, 0) is 31.1 Å². The Balaban J connectivity index is 2.48. The number of hydrogen-bond acceptors (Lipinski definition) is 1. The summed E-state index contributed by atoms with van der Waals surface area (Å²) in [4.78, 5) is 11.8. The number of carbonyl (C=O) groups is 1. The van der Waals surface area contributed by atoms with E-state index in [0.717, 1.165) is 19.3 Å². The maximum absolute atomic E-state index is 11.8. The van der Waals surface area contributed by atoms with Gasteiger partial charge in [0.15, 0.2) is 0 Å². The second kappa shape index (κ2) is 3.20. The van der Waals surface area contributed by atoms with Crippen LogP contribution in [0.25, 0.3) is 0 Å². The molecule has 0 amide bonds. The summed E-state index contributed by atoms with van der Waals surface area (Å²) in [6.07, 6.45) is 6.20. The van der Waals surface area contributed by atoms with Crippen LogP contribution in [0.3, 0.4) is 0 Å². The Morgan fingerprint density at radius 2 is 2.07 bits per heavy atom. The molecule has 0 heterocycles. The Hall–Kier alpha value is -0.590. The average molecular weight is 206 g/mol. The smallest absolute Gasteiger partial charge is 0.133 e. The van der Waals surface area contributed by atoms with Crippen molar-refractivity contribution in [2.24, 2.45) is 16.7 Å². The van der Waals surface area contributed by atoms with E-state index in [1.807, 2.05) is 0 Å². The molecule has 0 radical (unpaired) electrons. The lowest BCUT2D eigenvalue weighted by Gasteiger charge is -2.51. The molecule has 0 N–H and O–H groups in total. The third kappa shape index (κ3) is 1.25. The highest BCUT2D eigenvalue weighted by Crippen LogP contribution is 2.63. The highest BCUT2D eigenvalue weighted by Gasteiger charge is 2.56. The molecule has 1 fully saturated rings. The van der Waals surface area contributed by atoms with Crippen LogP contribution in [0.15, 0.2) is 11.6 Å². The van der Waals surface area contributed by atoms with E-state index in [1.165, 1.54) is 12.0 Å². The summed E-state index contributed by atoms with van der Waals surface area (Å²) in [5.74, 6) is 1.04. The summed E-state index contributed by atoms with van der Waals surface area (Å²) in [6.45, 7) is 9.16. The van der Waals surface area contributed by atoms with Gasteiger partial charge in [-0.25, -0.2) is 0 Å². The zero-order valence-corrected chi connectivity index (χ0v) is 10.4. The SMILES string of the molecule is CC1=CC[C@]2(C)CCC(=O)C[C@]12C(C)C. The van der Waals surface area contributed by atoms with Crippen molar-refractivity contribution in [3.8, 4) is 0 Å². The molecular weight excluding hydrogens is 184 g/mol. The second-order valence-corrected chi connectivity index (χ2v) is 5.99. The van der Waals surface area contributed by atoms with Gasteiger partial charge in [-0.2, -0.15) is 0 Å². The topological polar surface area (TPSA) is 17.1 Å². The standard InChI is InChI=1S/C14H22O/c1-10(2)14-9-12(15)6-8-13(14,4)7-5-11(14)3/h5,10H,6-9H2,1-4H3/t13-,14+/m1/s1. The molecule has 0 aromatic carbocycles. The number of hydrogen-bond donors (Lipinski definition) is 0. The van der Waals surface area contributed by atoms with E-state index >= 15 is 0 Å². The van der Waals surface area contributed by atoms with Crippen molar-refractivity contribution in [1.29, 1.82) is 0 Å². The van der Waals surface area contributed by atoms with Crippen molar-refractivity contribution < 1.29 is 4.79 Å². The largest absolute Gasteiger partial charge is 0.300 e. The minimum Gasteiger partial charge on any atom is -0.300 e. The third-order valence-electron chi connectivity index (χ3n) is 5.06. The normalized spacial score (nSPS) is 40.6. The molecule has 0 spiro atoms. The molecule has 2 atom stereocenters. The fraction of sp³-hybridized carbons (Fsp3) is 0.786. The van der Waals surface area contributed by atoms with Gasteiger partial charge in [-0.3, -0.25) is 4.79 Å². The average Bonchev–Trinajstić information content (AvgIpc) is 2.42. The highest BCUT2D eigenvalue weighted by molar-refractivity contribution is 5.81. The molecule has 0 bridgehead atoms. The van der Waals surface area contributed by atoms with E-state index in [9.17, 15) is 4.79 Å². The van der Waals surface area contributed by atoms with Gasteiger partial charge in [0.25, 0.3) is 0 Å². The Kier molecular flexibility index (Phi) is 2.33. The number of rotatable bonds is 1. The monoisotopic (exact) mass is 206 g/mol. The molecule has 84 valence electrons. The number of carbonyl (C=O) groups excluding carboxylic acids is 1. The zero-order valence-electron chi connectivity index (χ0n) is 10.4. The van der Waals surface area contributed by atoms with E-state index < -0.39 is 0 Å². The molecule has 0 saturated heterocycles. The molecule has 1 heteroatoms. The molecule has 2 aliphatic carbocycles. The van der Waals surface area contributed by atoms with Crippen LogP contribution in [-0.2, 0) is 4.79 Å². The molecule has 0 unspecified atom stereocenters. The Morgan fingerprint density at radius 1 is 1.40 bits per heavy atom. The number of ketones is 1. The first-order valence-electron chi connectivity index (χ1n) is 6.11. The second-order valence-electron chi connectivity index (χ2n) is 5.99. The first kappa shape index (κ1) is 10.9. The molecule has 1 saturated carbocycles. The van der Waals surface area contributed by atoms with Crippen LogP contribution in [0.4, 0.5) is 0 Å². The summed E-state index contributed by atoms with van der Waals surface area (Å²) in [5.41, 5.74) is 1.98. The van der Waals surface area contributed by atoms with E-state index in [4.69, 9.17) is 0 Å². The van der Waals surface area contributed by atoms with Crippen molar-refractivity contribution in [2.45, 2.75) is 53.4 Å². The zero-order chi connectivity index (χ0) is 11.3. The van der Waals surface area contributed by atoms with Crippen LogP contribution in [-0.4, -0.2) is 5.78 Å². The Labute approximate surface area is 92.9 Å². The van der Waals surface area contributed by atoms with Gasteiger partial charge in [0.05, 0.1) is 0 Å². The predicted molar refractivity (Wildman–Crippen MR) is 62.6 cm³/mol. The van der Waals surface area contributed by atoms with Crippen molar-refractivity contribution >= 4 is 5.78 Å². The minimum absolute atomic E-state index is 0.169. The van der Waals surface area contributed by atoms with Crippen LogP contribution in [0, 0.1) is 16.7 Å². The van der Waals surface area contributed by atoms with Crippen LogP contribution in [0.5, 0.6) is 0 Å². The van der Waals surface area contributed by atoms with Crippen LogP contribution < -0.4 is 0 Å². The van der Waals surface area contributed by atoms with Gasteiger partial charge in [-0.15, -0.1) is 0 Å². The first-order valence-corrected chi connectivity index (χ1v) is 6.11. The summed E-state index contributed by atoms with van der Waals surface area (Å²) >= 11 is 0. The van der Waals surface area contributed by atoms with Gasteiger partial charge in [0.2, 0.25) is 0 Å². The van der Waals surface area contributed by atoms with Crippen molar-refractivity contribution in [3.05, 3.63) is 11.6 Å². The van der Waals surface area contributed by atoms with Crippen molar-refractivity contribution in [3.63, 3.8) is 0 Å². The third-order valence-corrected chi connectivity index (χ3v) is 5.06. The molecule has 0 aromatic heterocycles. The Morgan fingerprint density at radius 3 is 2.67 bits per heavy atom. The lowest BCUT2D eigenvalue weighted by Crippen LogP contribution is -2.46. The summed E-state index contributed by atoms with van der Waals surface area (Å²) < 4.78 is 0. The van der Waals surface area contributed by atoms with Crippen molar-refractivity contribution in [2.75, 3.05) is 0 Å². The fourth-order valence-electron chi connectivity index (χ4n) is 4.07. The van der Waals surface area contributed by atoms with Crippen molar-refractivity contribution in [1.82, 2.24) is 0 Å². The Bertz CT molecular complexity index is 326. The summed E-state index contributed by atoms with van der Waals surface area (Å²) in [7, 11) is 0. The van der Waals surface area contributed by atoms with E-state index in [1.54, 1.807) is 0 Å². The molecule has 0 aliphatic heterocycles. The lowest BCUT2D eigenvalue weighted by molar-refractivity contribution is -0.129. The van der Waals surface area contributed by atoms with Gasteiger partial charge in [0, 0.05) is 18.3 Å². The number of allylic oxidation sites excluding steroid dienone is 2. The first-order chi connectivity index (χ1) is 6.92. The number of fused-ring (bicyclic) bond motifs is 1. The number of Topliss-reactive ketones (excluding diaryl/α,β-unsaturated/α-hetero) is 1. The highest BCUT2D eigenvalue weighted by atomic mass is 16.1. The van der Waals surface area contributed by atoms with Gasteiger partial charge < -0.3 is 0 Å². The lowest BCUT2D eigenvalue weighted by atomic mass is 9.52. The van der Waals surface area contributed by atoms with E-state index in [-0.39, 0.29) is 5.41 Å². The summed E-state index contributed by atoms with van der Waals surface area (Å²) in [6, 6.07) is 0. The van der Waals surface area contributed by atoms with Gasteiger partial charge in [0.1, 0.15) is 5.78 Å². The maximum atomic E-state index is 11.8. The van der Waals surface area contributed by atoms with Crippen LogP contribution in [0.1, 0.15) is 53.4 Å². The fourth-order valence-corrected chi connectivity index (χ4v) is 4.07. The molecule has 15 heavy (non-hydrogen) atoms. The molecule has 1 nitrogen and oxygen atoms in total. The predicted octanol–water partition coefficient (Wildman–Crippen LogP) is 3.74. The molecular formula is C14H22O. The van der Waals surface area contributed by atoms with Gasteiger partial charge in [-0.1, -0.05) is 32.4 Å².